The van der Waals surface area contributed by atoms with Crippen LogP contribution < -0.4 is 11.0 Å². The second-order valence-corrected chi connectivity index (χ2v) is 7.00. The van der Waals surface area contributed by atoms with Crippen LogP contribution >= 0.6 is 0 Å². The number of aromatic nitrogens is 2. The molecule has 3 aliphatic rings. The Morgan fingerprint density at radius 1 is 1.36 bits per heavy atom. The van der Waals surface area contributed by atoms with Gasteiger partial charge in [-0.15, -0.1) is 0 Å². The third-order valence-corrected chi connectivity index (χ3v) is 5.54. The zero-order valence-electron chi connectivity index (χ0n) is 13.7. The zero-order chi connectivity index (χ0) is 17.0. The number of carbonyl (C=O) groups excluding carboxylic acids is 1. The van der Waals surface area contributed by atoms with E-state index in [4.69, 9.17) is 0 Å². The van der Waals surface area contributed by atoms with E-state index in [9.17, 15) is 9.59 Å². The number of hydrazone groups is 1. The Hall–Kier alpha value is -2.76. The largest absolute Gasteiger partial charge is 0.296 e. The van der Waals surface area contributed by atoms with Crippen LogP contribution in [0.3, 0.4) is 0 Å². The van der Waals surface area contributed by atoms with Crippen LogP contribution in [0.1, 0.15) is 35.4 Å². The summed E-state index contributed by atoms with van der Waals surface area (Å²) in [7, 11) is 0. The highest BCUT2D eigenvalue weighted by Gasteiger charge is 2.38. The summed E-state index contributed by atoms with van der Waals surface area (Å²) >= 11 is 0. The maximum absolute atomic E-state index is 12.5. The summed E-state index contributed by atoms with van der Waals surface area (Å²) < 4.78 is 1.73. The fraction of sp³-hybridized carbons (Fsp3) is 0.368. The van der Waals surface area contributed by atoms with E-state index in [0.717, 1.165) is 43.8 Å². The lowest BCUT2D eigenvalue weighted by atomic mass is 9.74. The van der Waals surface area contributed by atoms with E-state index < -0.39 is 0 Å². The first-order valence-electron chi connectivity index (χ1n) is 8.77. The lowest BCUT2D eigenvalue weighted by Crippen LogP contribution is -2.35. The minimum absolute atomic E-state index is 0.0149. The van der Waals surface area contributed by atoms with Gasteiger partial charge in [-0.3, -0.25) is 14.2 Å². The van der Waals surface area contributed by atoms with Gasteiger partial charge in [0.15, 0.2) is 0 Å². The molecule has 1 aromatic carbocycles. The maximum atomic E-state index is 12.5. The van der Waals surface area contributed by atoms with Crippen LogP contribution in [-0.2, 0) is 13.0 Å². The number of hydrogen-bond acceptors (Lipinski definition) is 4. The predicted molar refractivity (Wildman–Crippen MR) is 94.6 cm³/mol. The van der Waals surface area contributed by atoms with Gasteiger partial charge in [0, 0.05) is 30.2 Å². The molecule has 25 heavy (non-hydrogen) atoms. The van der Waals surface area contributed by atoms with E-state index in [1.165, 1.54) is 0 Å². The van der Waals surface area contributed by atoms with E-state index in [0.29, 0.717) is 28.3 Å². The van der Waals surface area contributed by atoms with Crippen molar-refractivity contribution < 1.29 is 4.79 Å². The Balaban J connectivity index is 1.41. The lowest BCUT2D eigenvalue weighted by molar-refractivity contribution is 0.0954. The molecule has 6 nitrogen and oxygen atoms in total. The van der Waals surface area contributed by atoms with E-state index in [1.54, 1.807) is 22.8 Å². The van der Waals surface area contributed by atoms with Crippen LogP contribution in [0.25, 0.3) is 10.9 Å². The molecule has 0 bridgehead atoms. The van der Waals surface area contributed by atoms with Crippen molar-refractivity contribution in [2.45, 2.75) is 32.2 Å². The molecule has 2 aliphatic carbocycles. The van der Waals surface area contributed by atoms with Crippen LogP contribution in [-0.4, -0.2) is 21.2 Å². The number of amides is 1. The lowest BCUT2D eigenvalue weighted by Gasteiger charge is -2.31. The second kappa shape index (κ2) is 5.37. The van der Waals surface area contributed by atoms with Gasteiger partial charge in [0.1, 0.15) is 5.82 Å². The summed E-state index contributed by atoms with van der Waals surface area (Å²) in [5.41, 5.74) is 4.77. The number of fused-ring (bicyclic) bond motifs is 3. The molecular weight excluding hydrogens is 316 g/mol. The predicted octanol–water partition coefficient (Wildman–Crippen LogP) is 2.02. The first-order chi connectivity index (χ1) is 12.2. The van der Waals surface area contributed by atoms with Crippen LogP contribution in [0.5, 0.6) is 0 Å². The van der Waals surface area contributed by atoms with Gasteiger partial charge in [-0.25, -0.2) is 10.4 Å². The minimum Gasteiger partial charge on any atom is -0.296 e. The van der Waals surface area contributed by atoms with Crippen LogP contribution in [0, 0.1) is 11.8 Å². The van der Waals surface area contributed by atoms with Gasteiger partial charge in [-0.1, -0.05) is 12.2 Å². The van der Waals surface area contributed by atoms with E-state index in [-0.39, 0.29) is 11.5 Å². The highest BCUT2D eigenvalue weighted by atomic mass is 16.2. The monoisotopic (exact) mass is 334 g/mol. The summed E-state index contributed by atoms with van der Waals surface area (Å²) in [6.45, 7) is 0.730. The number of benzene rings is 1. The van der Waals surface area contributed by atoms with Crippen molar-refractivity contribution in [3.05, 3.63) is 52.1 Å². The summed E-state index contributed by atoms with van der Waals surface area (Å²) in [6.07, 6.45) is 8.13. The molecule has 2 aromatic rings. The van der Waals surface area contributed by atoms with Gasteiger partial charge in [0.2, 0.25) is 0 Å². The maximum Gasteiger partial charge on any atom is 0.271 e. The summed E-state index contributed by atoms with van der Waals surface area (Å²) in [6, 6.07) is 5.05. The Labute approximate surface area is 144 Å². The topological polar surface area (TPSA) is 76.3 Å². The van der Waals surface area contributed by atoms with Crippen molar-refractivity contribution in [3.63, 3.8) is 0 Å². The Morgan fingerprint density at radius 3 is 3.16 bits per heavy atom. The van der Waals surface area contributed by atoms with Gasteiger partial charge in [0.05, 0.1) is 10.9 Å². The SMILES string of the molecule is O=C(N/N=C1/C[C@@H]2C=CC[C@@H]12)c1ccc2c(=O)n3c(nc2c1)CCC3. The van der Waals surface area contributed by atoms with Gasteiger partial charge in [-0.05, 0) is 43.4 Å². The number of hydrogen-bond donors (Lipinski definition) is 1. The number of allylic oxidation sites excluding steroid dienone is 2. The third kappa shape index (κ3) is 2.24. The first-order valence-corrected chi connectivity index (χ1v) is 8.77. The van der Waals surface area contributed by atoms with Crippen molar-refractivity contribution in [1.82, 2.24) is 15.0 Å². The molecule has 6 heteroatoms. The summed E-state index contributed by atoms with van der Waals surface area (Å²) in [5.74, 6) is 1.63. The number of carbonyl (C=O) groups is 1. The number of nitrogens with one attached hydrogen (secondary N) is 1. The molecule has 126 valence electrons. The molecule has 2 atom stereocenters. The number of nitrogens with zero attached hydrogens (tertiary/aromatic N) is 3. The molecule has 0 spiro atoms. The van der Waals surface area contributed by atoms with Crippen LogP contribution in [0.4, 0.5) is 0 Å². The van der Waals surface area contributed by atoms with Crippen molar-refractivity contribution in [1.29, 1.82) is 0 Å². The third-order valence-electron chi connectivity index (χ3n) is 5.54. The summed E-state index contributed by atoms with van der Waals surface area (Å²) in [5, 5.41) is 4.86. The van der Waals surface area contributed by atoms with Crippen molar-refractivity contribution in [2.24, 2.45) is 16.9 Å². The molecule has 0 unspecified atom stereocenters. The molecule has 1 amide bonds. The van der Waals surface area contributed by atoms with Crippen molar-refractivity contribution >= 4 is 22.5 Å². The molecule has 0 radical (unpaired) electrons. The van der Waals surface area contributed by atoms with Crippen LogP contribution in [0.15, 0.2) is 40.2 Å². The van der Waals surface area contributed by atoms with Gasteiger partial charge in [-0.2, -0.15) is 5.10 Å². The van der Waals surface area contributed by atoms with Crippen molar-refractivity contribution in [2.75, 3.05) is 0 Å². The summed E-state index contributed by atoms with van der Waals surface area (Å²) in [4.78, 5) is 29.4. The van der Waals surface area contributed by atoms with Crippen molar-refractivity contribution in [3.8, 4) is 0 Å². The number of aryl methyl sites for hydroxylation is 1. The molecule has 2 heterocycles. The average molecular weight is 334 g/mol. The Morgan fingerprint density at radius 2 is 2.28 bits per heavy atom. The standard InChI is InChI=1S/C19H18N4O2/c24-18(22-21-16-9-11-3-1-4-13(11)16)12-6-7-14-15(10-12)20-17-5-2-8-23(17)19(14)25/h1,3,6-7,10-11,13H,2,4-5,8-9H2,(H,22,24)/b21-16-/t11-,13+/m0/s1. The fourth-order valence-corrected chi connectivity index (χ4v) is 4.08. The zero-order valence-corrected chi connectivity index (χ0v) is 13.7. The number of rotatable bonds is 2. The fourth-order valence-electron chi connectivity index (χ4n) is 4.08. The average Bonchev–Trinajstić information content (AvgIpc) is 3.21. The quantitative estimate of drug-likeness (QED) is 0.674. The molecule has 1 fully saturated rings. The molecule has 1 saturated carbocycles. The smallest absolute Gasteiger partial charge is 0.271 e. The van der Waals surface area contributed by atoms with Crippen LogP contribution in [0.2, 0.25) is 0 Å². The highest BCUT2D eigenvalue weighted by Crippen LogP contribution is 2.40. The van der Waals surface area contributed by atoms with Gasteiger partial charge < -0.3 is 0 Å². The second-order valence-electron chi connectivity index (χ2n) is 7.00. The Kier molecular flexibility index (Phi) is 3.13. The molecular formula is C19H18N4O2. The van der Waals surface area contributed by atoms with Gasteiger partial charge >= 0.3 is 0 Å². The first kappa shape index (κ1) is 14.6. The molecule has 1 aromatic heterocycles. The normalized spacial score (nSPS) is 25.0. The van der Waals surface area contributed by atoms with E-state index >= 15 is 0 Å². The Bertz CT molecular complexity index is 1020. The minimum atomic E-state index is -0.258. The highest BCUT2D eigenvalue weighted by molar-refractivity contribution is 5.99. The van der Waals surface area contributed by atoms with Gasteiger partial charge in [0.25, 0.3) is 11.5 Å². The molecule has 0 saturated heterocycles. The van der Waals surface area contributed by atoms with E-state index in [2.05, 4.69) is 27.7 Å². The molecule has 5 rings (SSSR count). The van der Waals surface area contributed by atoms with E-state index in [1.807, 2.05) is 0 Å². The molecule has 1 aliphatic heterocycles. The molecule has 1 N–H and O–H groups in total.